The number of imide groups is 1. The van der Waals surface area contributed by atoms with Crippen molar-refractivity contribution in [2.75, 3.05) is 26.5 Å². The standard InChI is InChI=1S/C25H34N2O4S.C2HF3O2/c1-4-5-6-9-16-32-18-12-10-17(11-13-18)21-19-20(23(29)26(2)22(19)28)25(24(30)31-3)14-7-8-15-27(21)25;3-2(4,5)1(6)7/h10-13,19-21H,4-9,14-16H2,1-3H3;(H,6,7)/t19-,20-,21-,25+;/m1./s1. The number of carbonyl (C=O) groups excluding carboxylic acids is 3. The molecule has 0 unspecified atom stereocenters. The van der Waals surface area contributed by atoms with Gasteiger partial charge in [-0.25, -0.2) is 4.79 Å². The molecule has 3 saturated heterocycles. The van der Waals surface area contributed by atoms with Gasteiger partial charge in [-0.3, -0.25) is 24.2 Å². The van der Waals surface area contributed by atoms with Crippen molar-refractivity contribution in [3.05, 3.63) is 29.8 Å². The molecule has 3 aliphatic rings. The molecule has 0 radical (unpaired) electrons. The van der Waals surface area contributed by atoms with E-state index >= 15 is 0 Å². The van der Waals surface area contributed by atoms with Gasteiger partial charge in [0, 0.05) is 18.0 Å². The van der Waals surface area contributed by atoms with Crippen LogP contribution in [-0.4, -0.2) is 76.8 Å². The summed E-state index contributed by atoms with van der Waals surface area (Å²) in [5.74, 6) is -3.69. The molecule has 3 heterocycles. The number of aliphatic carboxylic acids is 1. The van der Waals surface area contributed by atoms with Crippen molar-refractivity contribution < 1.29 is 42.2 Å². The number of unbranched alkanes of at least 4 members (excludes halogenated alkanes) is 3. The molecule has 1 aromatic carbocycles. The fourth-order valence-corrected chi connectivity index (χ4v) is 6.89. The van der Waals surface area contributed by atoms with Crippen LogP contribution in [0.15, 0.2) is 29.2 Å². The zero-order chi connectivity index (χ0) is 29.0. The fourth-order valence-electron chi connectivity index (χ4n) is 5.98. The van der Waals surface area contributed by atoms with Gasteiger partial charge in [-0.1, -0.05) is 38.3 Å². The molecule has 3 aliphatic heterocycles. The molecule has 0 spiro atoms. The number of thioether (sulfide) groups is 1. The number of hydrogen-bond donors (Lipinski definition) is 1. The van der Waals surface area contributed by atoms with E-state index in [1.807, 2.05) is 11.8 Å². The summed E-state index contributed by atoms with van der Waals surface area (Å²) in [4.78, 5) is 53.0. The van der Waals surface area contributed by atoms with Crippen molar-refractivity contribution in [1.29, 1.82) is 0 Å². The Hall–Kier alpha value is -2.60. The maximum atomic E-state index is 13.2. The third-order valence-electron chi connectivity index (χ3n) is 7.75. The minimum Gasteiger partial charge on any atom is -0.475 e. The molecule has 4 atom stereocenters. The van der Waals surface area contributed by atoms with E-state index in [1.165, 1.54) is 49.6 Å². The number of nitrogens with zero attached hydrogens (tertiary/aromatic N) is 2. The SMILES string of the molecule is CCCCCCSc1ccc([C@@H]2[C@@H]3C(=O)N(C)C(=O)[C@@H]3[C@]3(C(=O)OC)CCCCN23)cc1.O=C(O)C(F)(F)F. The highest BCUT2D eigenvalue weighted by Gasteiger charge is 2.72. The molecule has 0 aliphatic carbocycles. The number of methoxy groups -OCH3 is 1. The normalized spacial score (nSPS) is 26.5. The number of carboxylic acid groups (broad SMARTS) is 1. The van der Waals surface area contributed by atoms with Crippen LogP contribution in [0.5, 0.6) is 0 Å². The zero-order valence-electron chi connectivity index (χ0n) is 22.3. The van der Waals surface area contributed by atoms with Gasteiger partial charge in [0.2, 0.25) is 11.8 Å². The van der Waals surface area contributed by atoms with Crippen LogP contribution in [0.1, 0.15) is 63.5 Å². The summed E-state index contributed by atoms with van der Waals surface area (Å²) in [6, 6.07) is 8.09. The van der Waals surface area contributed by atoms with E-state index in [0.717, 1.165) is 24.2 Å². The minimum absolute atomic E-state index is 0.183. The van der Waals surface area contributed by atoms with Crippen LogP contribution in [0.4, 0.5) is 13.2 Å². The Labute approximate surface area is 230 Å². The van der Waals surface area contributed by atoms with E-state index < -0.39 is 29.5 Å². The highest BCUT2D eigenvalue weighted by atomic mass is 32.2. The molecule has 0 aromatic heterocycles. The van der Waals surface area contributed by atoms with Gasteiger partial charge in [-0.15, -0.1) is 11.8 Å². The Balaban J connectivity index is 0.000000532. The number of benzene rings is 1. The van der Waals surface area contributed by atoms with Crippen molar-refractivity contribution >= 4 is 35.5 Å². The van der Waals surface area contributed by atoms with Crippen molar-refractivity contribution in [2.45, 2.75) is 74.5 Å². The molecule has 4 rings (SSSR count). The number of carboxylic acids is 1. The van der Waals surface area contributed by atoms with Gasteiger partial charge in [0.25, 0.3) is 0 Å². The molecular formula is C27H35F3N2O6S. The van der Waals surface area contributed by atoms with Crippen LogP contribution in [0.25, 0.3) is 0 Å². The first kappa shape index (κ1) is 30.9. The molecule has 8 nitrogen and oxygen atoms in total. The summed E-state index contributed by atoms with van der Waals surface area (Å²) >= 11 is 1.86. The van der Waals surface area contributed by atoms with Gasteiger partial charge >= 0.3 is 18.1 Å². The third kappa shape index (κ3) is 6.11. The number of halogens is 3. The predicted molar refractivity (Wildman–Crippen MR) is 138 cm³/mol. The summed E-state index contributed by atoms with van der Waals surface area (Å²) in [5, 5.41) is 7.12. The lowest BCUT2D eigenvalue weighted by molar-refractivity contribution is -0.192. The third-order valence-corrected chi connectivity index (χ3v) is 8.85. The van der Waals surface area contributed by atoms with Crippen LogP contribution in [0.2, 0.25) is 0 Å². The van der Waals surface area contributed by atoms with Gasteiger partial charge < -0.3 is 9.84 Å². The Morgan fingerprint density at radius 3 is 2.31 bits per heavy atom. The minimum atomic E-state index is -5.08. The maximum Gasteiger partial charge on any atom is 0.490 e. The topological polar surface area (TPSA) is 104 Å². The van der Waals surface area contributed by atoms with Crippen molar-refractivity contribution in [2.24, 2.45) is 11.8 Å². The second kappa shape index (κ2) is 12.7. The molecule has 12 heteroatoms. The highest BCUT2D eigenvalue weighted by molar-refractivity contribution is 7.99. The van der Waals surface area contributed by atoms with Gasteiger partial charge in [0.15, 0.2) is 0 Å². The number of esters is 1. The number of alkyl halides is 3. The molecule has 39 heavy (non-hydrogen) atoms. The van der Waals surface area contributed by atoms with E-state index in [9.17, 15) is 27.6 Å². The van der Waals surface area contributed by atoms with E-state index in [4.69, 9.17) is 14.6 Å². The number of fused-ring (bicyclic) bond motifs is 3. The molecule has 0 bridgehead atoms. The van der Waals surface area contributed by atoms with Gasteiger partial charge in [0.05, 0.1) is 18.9 Å². The lowest BCUT2D eigenvalue weighted by atomic mass is 9.75. The van der Waals surface area contributed by atoms with Gasteiger partial charge in [-0.05, 0) is 55.7 Å². The Bertz CT molecular complexity index is 1070. The van der Waals surface area contributed by atoms with Crippen LogP contribution in [-0.2, 0) is 23.9 Å². The average Bonchev–Trinajstić information content (AvgIpc) is 3.34. The van der Waals surface area contributed by atoms with E-state index in [2.05, 4.69) is 36.1 Å². The molecule has 1 aromatic rings. The summed E-state index contributed by atoms with van der Waals surface area (Å²) in [6.45, 7) is 2.90. The average molecular weight is 573 g/mol. The first-order valence-electron chi connectivity index (χ1n) is 13.1. The monoisotopic (exact) mass is 572 g/mol. The molecule has 0 saturated carbocycles. The first-order chi connectivity index (χ1) is 18.4. The number of ether oxygens (including phenoxy) is 1. The lowest BCUT2D eigenvalue weighted by Crippen LogP contribution is -2.59. The molecular weight excluding hydrogens is 537 g/mol. The number of piperidine rings is 1. The van der Waals surface area contributed by atoms with Crippen LogP contribution in [0.3, 0.4) is 0 Å². The summed E-state index contributed by atoms with van der Waals surface area (Å²) < 4.78 is 37.0. The van der Waals surface area contributed by atoms with E-state index in [1.54, 1.807) is 0 Å². The molecule has 216 valence electrons. The summed E-state index contributed by atoms with van der Waals surface area (Å²) in [5.41, 5.74) is -0.0496. The van der Waals surface area contributed by atoms with Gasteiger partial charge in [0.1, 0.15) is 5.54 Å². The molecule has 2 amide bonds. The largest absolute Gasteiger partial charge is 0.490 e. The number of carbonyl (C=O) groups is 4. The second-order valence-electron chi connectivity index (χ2n) is 10.0. The van der Waals surface area contributed by atoms with Crippen molar-refractivity contribution in [1.82, 2.24) is 9.80 Å². The Morgan fingerprint density at radius 2 is 1.74 bits per heavy atom. The van der Waals surface area contributed by atoms with Crippen LogP contribution >= 0.6 is 11.8 Å². The van der Waals surface area contributed by atoms with Crippen molar-refractivity contribution in [3.8, 4) is 0 Å². The predicted octanol–water partition coefficient (Wildman–Crippen LogP) is 4.68. The second-order valence-corrected chi connectivity index (χ2v) is 11.2. The fraction of sp³-hybridized carbons (Fsp3) is 0.630. The van der Waals surface area contributed by atoms with Crippen LogP contribution < -0.4 is 0 Å². The van der Waals surface area contributed by atoms with Gasteiger partial charge in [-0.2, -0.15) is 13.2 Å². The van der Waals surface area contributed by atoms with E-state index in [-0.39, 0.29) is 23.8 Å². The number of rotatable bonds is 8. The number of hydrogen-bond acceptors (Lipinski definition) is 7. The molecule has 3 fully saturated rings. The smallest absolute Gasteiger partial charge is 0.475 e. The number of likely N-dealkylation sites (tertiary alicyclic amines) is 1. The number of amides is 2. The Morgan fingerprint density at radius 1 is 1.10 bits per heavy atom. The highest BCUT2D eigenvalue weighted by Crippen LogP contribution is 2.58. The summed E-state index contributed by atoms with van der Waals surface area (Å²) in [6.07, 6.45) is 2.26. The maximum absolute atomic E-state index is 13.2. The first-order valence-corrected chi connectivity index (χ1v) is 14.1. The van der Waals surface area contributed by atoms with Crippen LogP contribution in [0, 0.1) is 11.8 Å². The lowest BCUT2D eigenvalue weighted by Gasteiger charge is -2.44. The Kier molecular flexibility index (Phi) is 10.1. The zero-order valence-corrected chi connectivity index (χ0v) is 23.1. The molecule has 1 N–H and O–H groups in total. The van der Waals surface area contributed by atoms with Crippen molar-refractivity contribution in [3.63, 3.8) is 0 Å². The van der Waals surface area contributed by atoms with E-state index in [0.29, 0.717) is 13.0 Å². The summed E-state index contributed by atoms with van der Waals surface area (Å²) in [7, 11) is 2.92. The quantitative estimate of drug-likeness (QED) is 0.207.